The molecular formula is C30H50N2O4. The summed E-state index contributed by atoms with van der Waals surface area (Å²) in [5.74, 6) is 0.982. The number of aliphatic hydroxyl groups excluding tert-OH is 2. The van der Waals surface area contributed by atoms with Crippen LogP contribution in [-0.4, -0.2) is 65.7 Å². The highest BCUT2D eigenvalue weighted by Gasteiger charge is 2.86. The Balaban J connectivity index is 1.51. The van der Waals surface area contributed by atoms with Crippen molar-refractivity contribution in [2.75, 3.05) is 20.7 Å². The molecule has 6 nitrogen and oxygen atoms in total. The summed E-state index contributed by atoms with van der Waals surface area (Å²) in [6.07, 6.45) is 5.60. The first-order chi connectivity index (χ1) is 16.7. The number of carbonyl (C=O) groups is 2. The molecule has 0 bridgehead atoms. The minimum absolute atomic E-state index is 0.0352. The molecule has 0 aliphatic heterocycles. The number of Topliss-reactive ketones (excluding diaryl/α,β-unsaturated/α-hetero) is 1. The Labute approximate surface area is 218 Å². The van der Waals surface area contributed by atoms with Crippen molar-refractivity contribution in [1.29, 1.82) is 0 Å². The van der Waals surface area contributed by atoms with Crippen molar-refractivity contribution in [3.05, 3.63) is 0 Å². The van der Waals surface area contributed by atoms with Crippen molar-refractivity contribution >= 4 is 11.7 Å². The van der Waals surface area contributed by atoms with Crippen molar-refractivity contribution in [2.45, 2.75) is 105 Å². The number of rotatable bonds is 5. The smallest absolute Gasteiger partial charge is 0.222 e. The molecule has 11 atom stereocenters. The lowest BCUT2D eigenvalue weighted by Crippen LogP contribution is -2.64. The molecule has 0 heterocycles. The minimum atomic E-state index is -0.420. The van der Waals surface area contributed by atoms with Crippen LogP contribution in [0.5, 0.6) is 0 Å². The third-order valence-electron chi connectivity index (χ3n) is 13.2. The molecule has 5 aliphatic carbocycles. The highest BCUT2D eigenvalue weighted by atomic mass is 16.3. The second-order valence-electron chi connectivity index (χ2n) is 14.8. The van der Waals surface area contributed by atoms with E-state index in [0.717, 1.165) is 38.5 Å². The van der Waals surface area contributed by atoms with E-state index in [9.17, 15) is 19.8 Å². The third-order valence-corrected chi connectivity index (χ3v) is 13.2. The molecule has 3 N–H and O–H groups in total. The number of amides is 1. The Kier molecular flexibility index (Phi) is 5.93. The van der Waals surface area contributed by atoms with Crippen molar-refractivity contribution in [1.82, 2.24) is 10.2 Å². The van der Waals surface area contributed by atoms with Gasteiger partial charge < -0.3 is 20.4 Å². The van der Waals surface area contributed by atoms with Gasteiger partial charge in [-0.25, -0.2) is 0 Å². The average Bonchev–Trinajstić information content (AvgIpc) is 3.44. The summed E-state index contributed by atoms with van der Waals surface area (Å²) < 4.78 is 0. The Morgan fingerprint density at radius 2 is 1.72 bits per heavy atom. The summed E-state index contributed by atoms with van der Waals surface area (Å²) in [6, 6.07) is 0.149. The zero-order valence-electron chi connectivity index (χ0n) is 23.9. The van der Waals surface area contributed by atoms with Gasteiger partial charge in [0.1, 0.15) is 5.78 Å². The number of nitrogens with one attached hydrogen (secondary N) is 1. The van der Waals surface area contributed by atoms with Gasteiger partial charge in [0.25, 0.3) is 0 Å². The second kappa shape index (κ2) is 8.02. The third kappa shape index (κ3) is 2.96. The summed E-state index contributed by atoms with van der Waals surface area (Å²) in [5, 5.41) is 25.5. The monoisotopic (exact) mass is 502 g/mol. The van der Waals surface area contributed by atoms with Gasteiger partial charge in [-0.05, 0) is 87.6 Å². The molecule has 0 radical (unpaired) electrons. The zero-order valence-corrected chi connectivity index (χ0v) is 23.9. The molecule has 36 heavy (non-hydrogen) atoms. The SMILES string of the molecule is CC(C)C(=O)N[C@H]1CC[C@]23C[C@]24C(=O)C[C@]2(C)[C@@H]([C@H](C)N(C)C)[C@H](O)C[C@@]2(C)[C@H]4CC[C@@H]3[C@@]1(C)CO. The molecule has 6 heteroatoms. The van der Waals surface area contributed by atoms with Gasteiger partial charge in [-0.1, -0.05) is 34.6 Å². The van der Waals surface area contributed by atoms with E-state index < -0.39 is 11.5 Å². The van der Waals surface area contributed by atoms with E-state index >= 15 is 0 Å². The lowest BCUT2D eigenvalue weighted by molar-refractivity contribution is -0.173. The molecule has 0 aromatic carbocycles. The molecule has 0 saturated heterocycles. The minimum Gasteiger partial charge on any atom is -0.396 e. The summed E-state index contributed by atoms with van der Waals surface area (Å²) in [7, 11) is 4.16. The van der Waals surface area contributed by atoms with Crippen molar-refractivity contribution in [2.24, 2.45) is 50.7 Å². The number of ketones is 1. The Hall–Kier alpha value is -0.980. The van der Waals surface area contributed by atoms with E-state index in [1.165, 1.54) is 0 Å². The Morgan fingerprint density at radius 3 is 2.31 bits per heavy atom. The van der Waals surface area contributed by atoms with Crippen molar-refractivity contribution < 1.29 is 19.8 Å². The number of aliphatic hydroxyl groups is 2. The van der Waals surface area contributed by atoms with Crippen LogP contribution in [0.1, 0.15) is 86.5 Å². The first-order valence-electron chi connectivity index (χ1n) is 14.5. The predicted molar refractivity (Wildman–Crippen MR) is 140 cm³/mol. The lowest BCUT2D eigenvalue weighted by Gasteiger charge is -2.63. The maximum Gasteiger partial charge on any atom is 0.222 e. The van der Waals surface area contributed by atoms with Crippen molar-refractivity contribution in [3.63, 3.8) is 0 Å². The van der Waals surface area contributed by atoms with Gasteiger partial charge in [0.05, 0.1) is 12.7 Å². The fourth-order valence-electron chi connectivity index (χ4n) is 11.0. The van der Waals surface area contributed by atoms with Crippen LogP contribution in [0.15, 0.2) is 0 Å². The topological polar surface area (TPSA) is 89.9 Å². The highest BCUT2D eigenvalue weighted by Crippen LogP contribution is 2.87. The van der Waals surface area contributed by atoms with Crippen LogP contribution in [-0.2, 0) is 9.59 Å². The predicted octanol–water partition coefficient (Wildman–Crippen LogP) is 3.64. The summed E-state index contributed by atoms with van der Waals surface area (Å²) >= 11 is 0. The van der Waals surface area contributed by atoms with Gasteiger partial charge in [0.15, 0.2) is 0 Å². The molecule has 5 fully saturated rings. The van der Waals surface area contributed by atoms with Gasteiger partial charge in [0.2, 0.25) is 5.91 Å². The summed E-state index contributed by atoms with van der Waals surface area (Å²) in [6.45, 7) is 12.9. The van der Waals surface area contributed by atoms with Gasteiger partial charge in [-0.2, -0.15) is 0 Å². The van der Waals surface area contributed by atoms with E-state index in [-0.39, 0.29) is 69.9 Å². The Bertz CT molecular complexity index is 951. The van der Waals surface area contributed by atoms with Crippen LogP contribution < -0.4 is 5.32 Å². The second-order valence-corrected chi connectivity index (χ2v) is 14.8. The van der Waals surface area contributed by atoms with Gasteiger partial charge in [-0.3, -0.25) is 9.59 Å². The maximum atomic E-state index is 14.4. The van der Waals surface area contributed by atoms with Gasteiger partial charge in [-0.15, -0.1) is 0 Å². The summed E-state index contributed by atoms with van der Waals surface area (Å²) in [4.78, 5) is 29.2. The average molecular weight is 503 g/mol. The first-order valence-corrected chi connectivity index (χ1v) is 14.5. The lowest BCUT2D eigenvalue weighted by atomic mass is 9.41. The number of carbonyl (C=O) groups excluding carboxylic acids is 2. The molecule has 0 unspecified atom stereocenters. The van der Waals surface area contributed by atoms with Crippen LogP contribution in [0.2, 0.25) is 0 Å². The van der Waals surface area contributed by atoms with Crippen LogP contribution in [0.25, 0.3) is 0 Å². The van der Waals surface area contributed by atoms with E-state index in [2.05, 4.69) is 52.0 Å². The fraction of sp³-hybridized carbons (Fsp3) is 0.933. The molecular weight excluding hydrogens is 452 g/mol. The van der Waals surface area contributed by atoms with E-state index in [1.807, 2.05) is 13.8 Å². The van der Waals surface area contributed by atoms with Gasteiger partial charge >= 0.3 is 0 Å². The Morgan fingerprint density at radius 1 is 1.08 bits per heavy atom. The molecule has 204 valence electrons. The first kappa shape index (κ1) is 26.6. The van der Waals surface area contributed by atoms with E-state index in [1.54, 1.807) is 0 Å². The normalized spacial score (nSPS) is 52.3. The van der Waals surface area contributed by atoms with E-state index in [0.29, 0.717) is 12.2 Å². The quantitative estimate of drug-likeness (QED) is 0.534. The fourth-order valence-corrected chi connectivity index (χ4v) is 11.0. The van der Waals surface area contributed by atoms with Crippen LogP contribution in [0.4, 0.5) is 0 Å². The molecule has 1 amide bonds. The molecule has 5 rings (SSSR count). The maximum absolute atomic E-state index is 14.4. The zero-order chi connectivity index (χ0) is 26.6. The molecule has 5 aliphatic rings. The molecule has 0 aromatic heterocycles. The largest absolute Gasteiger partial charge is 0.396 e. The van der Waals surface area contributed by atoms with Crippen LogP contribution in [0.3, 0.4) is 0 Å². The number of nitrogens with zero attached hydrogens (tertiary/aromatic N) is 1. The number of fused-ring (bicyclic) bond motifs is 2. The van der Waals surface area contributed by atoms with Crippen LogP contribution >= 0.6 is 0 Å². The highest BCUT2D eigenvalue weighted by molar-refractivity contribution is 5.92. The van der Waals surface area contributed by atoms with E-state index in [4.69, 9.17) is 0 Å². The van der Waals surface area contributed by atoms with Crippen molar-refractivity contribution in [3.8, 4) is 0 Å². The molecule has 0 aromatic rings. The number of hydrogen-bond donors (Lipinski definition) is 3. The summed E-state index contributed by atoms with van der Waals surface area (Å²) in [5.41, 5.74) is -1.10. The van der Waals surface area contributed by atoms with Crippen LogP contribution in [0, 0.1) is 50.7 Å². The molecule has 2 spiro atoms. The van der Waals surface area contributed by atoms with Gasteiger partial charge in [0, 0.05) is 41.2 Å². The number of hydrogen-bond acceptors (Lipinski definition) is 5. The standard InChI is InChI=1S/C30H50N2O4/c1-17(2)25(36)31-22-11-12-29-15-30(29)21(10-9-20(29)26(22,4)16-33)27(5)13-19(34)24(18(3)32(7)8)28(27,6)14-23(30)35/h17-22,24,33-34H,9-16H2,1-8H3,(H,31,36)/t18-,19+,20+,21+,22-,24-,26+,27-,28+,29+,30-/m0/s1. The molecule has 5 saturated carbocycles.